The van der Waals surface area contributed by atoms with E-state index in [1.54, 1.807) is 30.1 Å². The van der Waals surface area contributed by atoms with Crippen molar-refractivity contribution < 1.29 is 17.7 Å². The number of rotatable bonds is 3. The molecule has 0 atom stereocenters. The van der Waals surface area contributed by atoms with Gasteiger partial charge < -0.3 is 9.42 Å². The first kappa shape index (κ1) is 20.6. The molecule has 0 unspecified atom stereocenters. The monoisotopic (exact) mass is 437 g/mol. The minimum Gasteiger partial charge on any atom is -0.360 e. The van der Waals surface area contributed by atoms with Crippen LogP contribution in [0.4, 0.5) is 0 Å². The lowest BCUT2D eigenvalue weighted by Crippen LogP contribution is -2.37. The molecular formula is C20H27N3O4S2. The van der Waals surface area contributed by atoms with Crippen LogP contribution >= 0.6 is 11.3 Å². The summed E-state index contributed by atoms with van der Waals surface area (Å²) >= 11 is 1.62. The molecule has 1 amide bonds. The van der Waals surface area contributed by atoms with Gasteiger partial charge in [-0.05, 0) is 57.6 Å². The molecule has 4 rings (SSSR count). The van der Waals surface area contributed by atoms with Crippen LogP contribution in [0.2, 0.25) is 0 Å². The number of hydrogen-bond acceptors (Lipinski definition) is 6. The number of sulfonamides is 1. The third kappa shape index (κ3) is 4.00. The van der Waals surface area contributed by atoms with Crippen LogP contribution in [0.15, 0.2) is 15.5 Å². The summed E-state index contributed by atoms with van der Waals surface area (Å²) in [6, 6.07) is 2.07. The first-order valence-electron chi connectivity index (χ1n) is 10.2. The van der Waals surface area contributed by atoms with Crippen molar-refractivity contribution in [3.05, 3.63) is 32.8 Å². The van der Waals surface area contributed by atoms with Crippen molar-refractivity contribution in [3.63, 3.8) is 0 Å². The molecule has 2 aliphatic rings. The Kier molecular flexibility index (Phi) is 5.81. The molecule has 0 saturated carbocycles. The maximum absolute atomic E-state index is 13.1. The van der Waals surface area contributed by atoms with E-state index in [9.17, 15) is 13.2 Å². The highest BCUT2D eigenvalue weighted by Crippen LogP contribution is 2.30. The van der Waals surface area contributed by atoms with Crippen molar-refractivity contribution in [1.82, 2.24) is 14.4 Å². The largest absolute Gasteiger partial charge is 0.360 e. The molecule has 0 aromatic carbocycles. The molecule has 2 aromatic rings. The smallest absolute Gasteiger partial charge is 0.263 e. The van der Waals surface area contributed by atoms with Gasteiger partial charge in [0.1, 0.15) is 10.6 Å². The second kappa shape index (κ2) is 8.20. The Hall–Kier alpha value is -1.71. The van der Waals surface area contributed by atoms with Gasteiger partial charge in [-0.1, -0.05) is 11.6 Å². The fourth-order valence-corrected chi connectivity index (χ4v) is 7.22. The van der Waals surface area contributed by atoms with Crippen molar-refractivity contribution in [1.29, 1.82) is 0 Å². The first-order chi connectivity index (χ1) is 13.9. The van der Waals surface area contributed by atoms with Crippen molar-refractivity contribution >= 4 is 27.3 Å². The average molecular weight is 438 g/mol. The van der Waals surface area contributed by atoms with E-state index in [4.69, 9.17) is 4.52 Å². The number of aromatic nitrogens is 1. The molecule has 1 aliphatic carbocycles. The van der Waals surface area contributed by atoms with Crippen LogP contribution in [-0.4, -0.2) is 54.9 Å². The molecule has 1 fully saturated rings. The molecule has 0 radical (unpaired) electrons. The number of amides is 1. The topological polar surface area (TPSA) is 83.7 Å². The minimum atomic E-state index is -3.68. The third-order valence-corrected chi connectivity index (χ3v) is 9.13. The Morgan fingerprint density at radius 1 is 1.07 bits per heavy atom. The summed E-state index contributed by atoms with van der Waals surface area (Å²) in [5.74, 6) is 0.333. The Morgan fingerprint density at radius 2 is 1.86 bits per heavy atom. The average Bonchev–Trinajstić information content (AvgIpc) is 3.04. The Labute approximate surface area is 175 Å². The van der Waals surface area contributed by atoms with Gasteiger partial charge in [0, 0.05) is 31.1 Å². The quantitative estimate of drug-likeness (QED) is 0.689. The standard InChI is InChI=1S/C20H27N3O4S2/c1-14-19(15(2)27-21-14)29(25,26)23-10-6-9-22(11-12-23)20(24)18-13-16-7-4-3-5-8-17(16)28-18/h13H,3-12H2,1-2H3. The molecule has 29 heavy (non-hydrogen) atoms. The molecule has 0 spiro atoms. The number of hydrogen-bond donors (Lipinski definition) is 0. The number of carbonyl (C=O) groups excluding carboxylic acids is 1. The van der Waals surface area contributed by atoms with Crippen LogP contribution in [-0.2, 0) is 22.9 Å². The van der Waals surface area contributed by atoms with E-state index in [-0.39, 0.29) is 17.3 Å². The highest BCUT2D eigenvalue weighted by atomic mass is 32.2. The van der Waals surface area contributed by atoms with Gasteiger partial charge in [0.25, 0.3) is 5.91 Å². The molecule has 7 nitrogen and oxygen atoms in total. The summed E-state index contributed by atoms with van der Waals surface area (Å²) in [5.41, 5.74) is 1.70. The first-order valence-corrected chi connectivity index (χ1v) is 12.5. The normalized spacial score (nSPS) is 18.9. The van der Waals surface area contributed by atoms with Crippen LogP contribution in [0.25, 0.3) is 0 Å². The zero-order valence-electron chi connectivity index (χ0n) is 16.9. The van der Waals surface area contributed by atoms with Crippen LogP contribution in [0.5, 0.6) is 0 Å². The van der Waals surface area contributed by atoms with Crippen LogP contribution in [0, 0.1) is 13.8 Å². The van der Waals surface area contributed by atoms with Crippen LogP contribution < -0.4 is 0 Å². The van der Waals surface area contributed by atoms with E-state index in [1.807, 2.05) is 0 Å². The van der Waals surface area contributed by atoms with Gasteiger partial charge in [0.2, 0.25) is 10.0 Å². The zero-order chi connectivity index (χ0) is 20.6. The summed E-state index contributed by atoms with van der Waals surface area (Å²) in [5, 5.41) is 3.78. The second-order valence-corrected chi connectivity index (χ2v) is 10.8. The van der Waals surface area contributed by atoms with Crippen LogP contribution in [0.1, 0.15) is 57.2 Å². The number of thiophene rings is 1. The molecule has 0 N–H and O–H groups in total. The maximum Gasteiger partial charge on any atom is 0.263 e. The lowest BCUT2D eigenvalue weighted by atomic mass is 10.1. The fourth-order valence-electron chi connectivity index (χ4n) is 4.24. The molecule has 2 aromatic heterocycles. The van der Waals surface area contributed by atoms with E-state index >= 15 is 0 Å². The van der Waals surface area contributed by atoms with Crippen molar-refractivity contribution in [2.75, 3.05) is 26.2 Å². The van der Waals surface area contributed by atoms with E-state index < -0.39 is 10.0 Å². The Morgan fingerprint density at radius 3 is 2.62 bits per heavy atom. The van der Waals surface area contributed by atoms with Crippen molar-refractivity contribution in [2.24, 2.45) is 0 Å². The summed E-state index contributed by atoms with van der Waals surface area (Å²) in [6.07, 6.45) is 6.37. The van der Waals surface area contributed by atoms with Gasteiger partial charge in [-0.2, -0.15) is 4.31 Å². The molecule has 0 bridgehead atoms. The predicted molar refractivity (Wildman–Crippen MR) is 111 cm³/mol. The van der Waals surface area contributed by atoms with Crippen molar-refractivity contribution in [3.8, 4) is 0 Å². The van der Waals surface area contributed by atoms with Gasteiger partial charge in [-0.15, -0.1) is 11.3 Å². The second-order valence-electron chi connectivity index (χ2n) is 7.82. The van der Waals surface area contributed by atoms with E-state index in [0.29, 0.717) is 37.5 Å². The molecule has 9 heteroatoms. The molecule has 1 saturated heterocycles. The number of aryl methyl sites for hydroxylation is 4. The van der Waals surface area contributed by atoms with Gasteiger partial charge in [-0.3, -0.25) is 4.79 Å². The summed E-state index contributed by atoms with van der Waals surface area (Å²) < 4.78 is 32.7. The van der Waals surface area contributed by atoms with Gasteiger partial charge in [0.15, 0.2) is 5.76 Å². The Bertz CT molecular complexity index is 966. The number of fused-ring (bicyclic) bond motifs is 1. The minimum absolute atomic E-state index is 0.0275. The summed E-state index contributed by atoms with van der Waals surface area (Å²) in [7, 11) is -3.68. The number of carbonyl (C=O) groups is 1. The van der Waals surface area contributed by atoms with E-state index in [0.717, 1.165) is 17.7 Å². The SMILES string of the molecule is Cc1noc(C)c1S(=O)(=O)N1CCCN(C(=O)c2cc3c(s2)CCCCC3)CC1. The molecular weight excluding hydrogens is 410 g/mol. The van der Waals surface area contributed by atoms with Gasteiger partial charge in [0.05, 0.1) is 4.88 Å². The highest BCUT2D eigenvalue weighted by molar-refractivity contribution is 7.89. The van der Waals surface area contributed by atoms with Gasteiger partial charge >= 0.3 is 0 Å². The van der Waals surface area contributed by atoms with Crippen LogP contribution in [0.3, 0.4) is 0 Å². The van der Waals surface area contributed by atoms with Gasteiger partial charge in [-0.25, -0.2) is 8.42 Å². The highest BCUT2D eigenvalue weighted by Gasteiger charge is 2.33. The zero-order valence-corrected chi connectivity index (χ0v) is 18.6. The van der Waals surface area contributed by atoms with E-state index in [1.165, 1.54) is 34.0 Å². The lowest BCUT2D eigenvalue weighted by Gasteiger charge is -2.21. The molecule has 158 valence electrons. The Balaban J connectivity index is 1.48. The molecule has 3 heterocycles. The van der Waals surface area contributed by atoms with Crippen molar-refractivity contribution in [2.45, 2.75) is 57.3 Å². The van der Waals surface area contributed by atoms with E-state index in [2.05, 4.69) is 11.2 Å². The molecule has 1 aliphatic heterocycles. The maximum atomic E-state index is 13.1. The lowest BCUT2D eigenvalue weighted by molar-refractivity contribution is 0.0769. The predicted octanol–water partition coefficient (Wildman–Crippen LogP) is 3.16. The fraction of sp³-hybridized carbons (Fsp3) is 0.600. The summed E-state index contributed by atoms with van der Waals surface area (Å²) in [6.45, 7) is 4.87. The number of nitrogens with zero attached hydrogens (tertiary/aromatic N) is 3. The third-order valence-electron chi connectivity index (χ3n) is 5.77. The summed E-state index contributed by atoms with van der Waals surface area (Å²) in [4.78, 5) is 17.2.